The van der Waals surface area contributed by atoms with Gasteiger partial charge in [-0.25, -0.2) is 4.68 Å². The number of hydrogen-bond acceptors (Lipinski definition) is 5. The lowest BCUT2D eigenvalue weighted by Gasteiger charge is -2.01. The summed E-state index contributed by atoms with van der Waals surface area (Å²) in [5.74, 6) is 1.26. The lowest BCUT2D eigenvalue weighted by Crippen LogP contribution is -2.09. The third-order valence-electron chi connectivity index (χ3n) is 2.00. The summed E-state index contributed by atoms with van der Waals surface area (Å²) >= 11 is 0. The van der Waals surface area contributed by atoms with Gasteiger partial charge in [-0.15, -0.1) is 5.10 Å². The molecule has 7 heteroatoms. The Balaban J connectivity index is 2.27. The van der Waals surface area contributed by atoms with Gasteiger partial charge in [-0.1, -0.05) is 0 Å². The number of rotatable bonds is 2. The molecule has 0 saturated carbocycles. The summed E-state index contributed by atoms with van der Waals surface area (Å²) in [6.45, 7) is 2.47. The Labute approximate surface area is 80.5 Å². The molecule has 0 aliphatic carbocycles. The van der Waals surface area contributed by atoms with Crippen LogP contribution in [0.1, 0.15) is 11.5 Å². The minimum Gasteiger partial charge on any atom is -0.382 e. The highest BCUT2D eigenvalue weighted by molar-refractivity contribution is 5.28. The summed E-state index contributed by atoms with van der Waals surface area (Å²) in [5, 5.41) is 15.3. The molecule has 0 radical (unpaired) electrons. The molecule has 0 saturated heterocycles. The van der Waals surface area contributed by atoms with Crippen LogP contribution in [0.5, 0.6) is 0 Å². The molecule has 0 aliphatic heterocycles. The van der Waals surface area contributed by atoms with Crippen molar-refractivity contribution in [2.24, 2.45) is 7.05 Å². The third-order valence-corrected chi connectivity index (χ3v) is 2.00. The van der Waals surface area contributed by atoms with Gasteiger partial charge in [0.05, 0.1) is 0 Å². The number of tetrazole rings is 1. The molecule has 7 nitrogen and oxygen atoms in total. The van der Waals surface area contributed by atoms with E-state index < -0.39 is 0 Å². The molecule has 2 rings (SSSR count). The number of aromatic nitrogens is 6. The lowest BCUT2D eigenvalue weighted by atomic mass is 10.4. The van der Waals surface area contributed by atoms with Gasteiger partial charge < -0.3 is 5.73 Å². The van der Waals surface area contributed by atoms with Crippen LogP contribution < -0.4 is 5.73 Å². The SMILES string of the molecule is Cc1cc(N)nn1Cc1nnnn1C. The smallest absolute Gasteiger partial charge is 0.172 e. The van der Waals surface area contributed by atoms with Gasteiger partial charge in [-0.3, -0.25) is 4.68 Å². The van der Waals surface area contributed by atoms with Gasteiger partial charge in [0.1, 0.15) is 12.4 Å². The second-order valence-electron chi connectivity index (χ2n) is 3.09. The average Bonchev–Trinajstić information content (AvgIpc) is 2.62. The quantitative estimate of drug-likeness (QED) is 0.684. The van der Waals surface area contributed by atoms with Crippen LogP contribution in [0.3, 0.4) is 0 Å². The highest BCUT2D eigenvalue weighted by Gasteiger charge is 2.06. The number of nitrogens with two attached hydrogens (primary N) is 1. The Hall–Kier alpha value is -1.92. The Bertz CT molecular complexity index is 441. The molecule has 2 aromatic rings. The second-order valence-corrected chi connectivity index (χ2v) is 3.09. The van der Waals surface area contributed by atoms with E-state index in [1.54, 1.807) is 16.4 Å². The van der Waals surface area contributed by atoms with Crippen LogP contribution in [0.25, 0.3) is 0 Å². The first kappa shape index (κ1) is 8.67. The first-order valence-corrected chi connectivity index (χ1v) is 4.18. The summed E-state index contributed by atoms with van der Waals surface area (Å²) in [6, 6.07) is 1.81. The zero-order valence-corrected chi connectivity index (χ0v) is 8.05. The minimum atomic E-state index is 0.512. The van der Waals surface area contributed by atoms with Crippen LogP contribution in [0.15, 0.2) is 6.07 Å². The van der Waals surface area contributed by atoms with E-state index in [0.29, 0.717) is 12.4 Å². The van der Waals surface area contributed by atoms with Crippen molar-refractivity contribution in [2.75, 3.05) is 5.73 Å². The maximum atomic E-state index is 5.56. The third kappa shape index (κ3) is 1.43. The standard InChI is InChI=1S/C7H11N7/c1-5-3-6(8)10-14(5)4-7-9-11-12-13(7)2/h3H,4H2,1-2H3,(H2,8,10). The molecular formula is C7H11N7. The van der Waals surface area contributed by atoms with Crippen LogP contribution in [-0.2, 0) is 13.6 Å². The molecule has 2 N–H and O–H groups in total. The predicted molar refractivity (Wildman–Crippen MR) is 49.3 cm³/mol. The Morgan fingerprint density at radius 2 is 2.29 bits per heavy atom. The summed E-state index contributed by atoms with van der Waals surface area (Å²) in [5.41, 5.74) is 6.55. The fourth-order valence-corrected chi connectivity index (χ4v) is 1.21. The van der Waals surface area contributed by atoms with Crippen LogP contribution in [0.2, 0.25) is 0 Å². The molecule has 0 aliphatic rings. The Morgan fingerprint density at radius 1 is 1.50 bits per heavy atom. The van der Waals surface area contributed by atoms with Gasteiger partial charge in [0.25, 0.3) is 0 Å². The minimum absolute atomic E-state index is 0.512. The number of nitrogen functional groups attached to an aromatic ring is 1. The first-order valence-electron chi connectivity index (χ1n) is 4.18. The Kier molecular flexibility index (Phi) is 1.91. The molecule has 2 heterocycles. The molecule has 2 aromatic heterocycles. The number of hydrogen-bond donors (Lipinski definition) is 1. The maximum Gasteiger partial charge on any atom is 0.172 e. The number of nitrogens with zero attached hydrogens (tertiary/aromatic N) is 6. The van der Waals surface area contributed by atoms with E-state index in [1.807, 2.05) is 13.0 Å². The van der Waals surface area contributed by atoms with E-state index in [4.69, 9.17) is 5.73 Å². The largest absolute Gasteiger partial charge is 0.382 e. The molecule has 0 fully saturated rings. The van der Waals surface area contributed by atoms with Crippen molar-refractivity contribution >= 4 is 5.82 Å². The molecule has 0 aromatic carbocycles. The highest BCUT2D eigenvalue weighted by atomic mass is 15.5. The van der Waals surface area contributed by atoms with E-state index >= 15 is 0 Å². The fraction of sp³-hybridized carbons (Fsp3) is 0.429. The van der Waals surface area contributed by atoms with Gasteiger partial charge in [-0.2, -0.15) is 5.10 Å². The number of anilines is 1. The normalized spacial score (nSPS) is 10.7. The summed E-state index contributed by atoms with van der Waals surface area (Å²) < 4.78 is 3.37. The summed E-state index contributed by atoms with van der Waals surface area (Å²) in [7, 11) is 1.79. The maximum absolute atomic E-state index is 5.56. The lowest BCUT2D eigenvalue weighted by molar-refractivity contribution is 0.596. The zero-order chi connectivity index (χ0) is 10.1. The molecule has 0 amide bonds. The average molecular weight is 193 g/mol. The van der Waals surface area contributed by atoms with E-state index in [1.165, 1.54) is 0 Å². The number of aryl methyl sites for hydroxylation is 2. The van der Waals surface area contributed by atoms with E-state index in [-0.39, 0.29) is 0 Å². The van der Waals surface area contributed by atoms with Gasteiger partial charge in [-0.05, 0) is 17.4 Å². The summed E-state index contributed by atoms with van der Waals surface area (Å²) in [6.07, 6.45) is 0. The monoisotopic (exact) mass is 193 g/mol. The molecular weight excluding hydrogens is 182 g/mol. The van der Waals surface area contributed by atoms with Crippen molar-refractivity contribution in [1.29, 1.82) is 0 Å². The van der Waals surface area contributed by atoms with Crippen molar-refractivity contribution in [3.05, 3.63) is 17.6 Å². The topological polar surface area (TPSA) is 87.4 Å². The van der Waals surface area contributed by atoms with Gasteiger partial charge >= 0.3 is 0 Å². The van der Waals surface area contributed by atoms with Crippen LogP contribution in [-0.4, -0.2) is 30.0 Å². The molecule has 0 unspecified atom stereocenters. The van der Waals surface area contributed by atoms with Crippen LogP contribution in [0.4, 0.5) is 5.82 Å². The van der Waals surface area contributed by atoms with E-state index in [0.717, 1.165) is 11.5 Å². The van der Waals surface area contributed by atoms with Crippen molar-refractivity contribution in [3.8, 4) is 0 Å². The van der Waals surface area contributed by atoms with Crippen molar-refractivity contribution < 1.29 is 0 Å². The van der Waals surface area contributed by atoms with Gasteiger partial charge in [0.2, 0.25) is 0 Å². The van der Waals surface area contributed by atoms with Crippen LogP contribution >= 0.6 is 0 Å². The highest BCUT2D eigenvalue weighted by Crippen LogP contribution is 2.05. The van der Waals surface area contributed by atoms with E-state index in [2.05, 4.69) is 20.6 Å². The van der Waals surface area contributed by atoms with E-state index in [9.17, 15) is 0 Å². The molecule has 14 heavy (non-hydrogen) atoms. The van der Waals surface area contributed by atoms with Crippen molar-refractivity contribution in [1.82, 2.24) is 30.0 Å². The molecule has 0 atom stereocenters. The second kappa shape index (κ2) is 3.09. The summed E-state index contributed by atoms with van der Waals surface area (Å²) in [4.78, 5) is 0. The molecule has 0 spiro atoms. The van der Waals surface area contributed by atoms with Crippen molar-refractivity contribution in [3.63, 3.8) is 0 Å². The zero-order valence-electron chi connectivity index (χ0n) is 8.05. The Morgan fingerprint density at radius 3 is 2.79 bits per heavy atom. The molecule has 0 bridgehead atoms. The fourth-order valence-electron chi connectivity index (χ4n) is 1.21. The van der Waals surface area contributed by atoms with Gasteiger partial charge in [0, 0.05) is 18.8 Å². The van der Waals surface area contributed by atoms with Crippen molar-refractivity contribution in [2.45, 2.75) is 13.5 Å². The predicted octanol–water partition coefficient (Wildman–Crippen LogP) is -0.654. The molecule has 74 valence electrons. The van der Waals surface area contributed by atoms with Crippen LogP contribution in [0, 0.1) is 6.92 Å². The van der Waals surface area contributed by atoms with Gasteiger partial charge in [0.15, 0.2) is 5.82 Å². The first-order chi connectivity index (χ1) is 6.66.